The van der Waals surface area contributed by atoms with Crippen LogP contribution in [-0.2, 0) is 26.2 Å². The molecule has 0 fully saturated rings. The fourth-order valence-electron chi connectivity index (χ4n) is 1.44. The van der Waals surface area contributed by atoms with Gasteiger partial charge in [0, 0.05) is 0 Å². The van der Waals surface area contributed by atoms with Crippen LogP contribution in [0.3, 0.4) is 0 Å². The van der Waals surface area contributed by atoms with Crippen LogP contribution in [0.15, 0.2) is 22.3 Å². The van der Waals surface area contributed by atoms with Gasteiger partial charge >= 0.3 is 26.2 Å². The van der Waals surface area contributed by atoms with E-state index in [1.165, 1.54) is 22.3 Å². The molecule has 0 nitrogen and oxygen atoms in total. The molecule has 0 spiro atoms. The van der Waals surface area contributed by atoms with Crippen molar-refractivity contribution >= 4 is 0 Å². The van der Waals surface area contributed by atoms with Gasteiger partial charge in [0.2, 0.25) is 0 Å². The van der Waals surface area contributed by atoms with Gasteiger partial charge in [-0.25, -0.2) is 0 Å². The van der Waals surface area contributed by atoms with Crippen molar-refractivity contribution < 1.29 is 26.2 Å². The second kappa shape index (κ2) is 8.65. The maximum atomic E-state index is 4.08. The monoisotopic (exact) mass is 270 g/mol. The third-order valence-corrected chi connectivity index (χ3v) is 2.79. The Labute approximate surface area is 111 Å². The van der Waals surface area contributed by atoms with E-state index in [0.717, 1.165) is 0 Å². The summed E-state index contributed by atoms with van der Waals surface area (Å²) in [4.78, 5) is 0. The quantitative estimate of drug-likeness (QED) is 0.570. The fraction of sp³-hybridized carbons (Fsp3) is 0.385. The van der Waals surface area contributed by atoms with Gasteiger partial charge in [0.05, 0.1) is 0 Å². The summed E-state index contributed by atoms with van der Waals surface area (Å²) in [6.45, 7) is 12.8. The first-order valence-corrected chi connectivity index (χ1v) is 3.74. The molecule has 0 saturated carbocycles. The standard InChI is InChI=1S/C10H15.3CH3.Zr/c1-6-7(2)9(4)10(5)8(6)3;;;;/h6H,1H2,2-5H3;3*1H3;/q4*-1;+4. The first-order valence-electron chi connectivity index (χ1n) is 3.74. The summed E-state index contributed by atoms with van der Waals surface area (Å²) in [6, 6.07) is 0. The molecule has 0 aromatic rings. The Bertz CT molecular complexity index is 197. The van der Waals surface area contributed by atoms with Crippen LogP contribution in [0.5, 0.6) is 0 Å². The van der Waals surface area contributed by atoms with Crippen LogP contribution >= 0.6 is 0 Å². The molecule has 0 aromatic heterocycles. The van der Waals surface area contributed by atoms with Gasteiger partial charge in [0.1, 0.15) is 0 Å². The van der Waals surface area contributed by atoms with E-state index in [1.807, 2.05) is 0 Å². The molecule has 1 heteroatoms. The van der Waals surface area contributed by atoms with Crippen molar-refractivity contribution in [2.45, 2.75) is 27.7 Å². The van der Waals surface area contributed by atoms with Gasteiger partial charge < -0.3 is 29.2 Å². The molecule has 0 unspecified atom stereocenters. The Morgan fingerprint density at radius 2 is 1.00 bits per heavy atom. The summed E-state index contributed by atoms with van der Waals surface area (Å²) in [7, 11) is 0. The SMILES string of the molecule is [CH2-]C1C(C)=C(C)C(C)=C1C.[CH3-].[CH3-].[CH3-].[Zr+4]. The molecule has 1 rings (SSSR count). The molecule has 0 aliphatic heterocycles. The number of hydrogen-bond donors (Lipinski definition) is 0. The van der Waals surface area contributed by atoms with E-state index >= 15 is 0 Å². The largest absolute Gasteiger partial charge is 4.00 e. The van der Waals surface area contributed by atoms with E-state index in [-0.39, 0.29) is 48.5 Å². The summed E-state index contributed by atoms with van der Waals surface area (Å²) < 4.78 is 0. The number of allylic oxidation sites excluding steroid dienone is 4. The molecule has 0 bridgehead atoms. The first-order chi connectivity index (χ1) is 4.55. The smallest absolute Gasteiger partial charge is 0.358 e. The summed E-state index contributed by atoms with van der Waals surface area (Å²) in [5.74, 6) is 0.444. The predicted octanol–water partition coefficient (Wildman–Crippen LogP) is 4.47. The first kappa shape index (κ1) is 23.9. The van der Waals surface area contributed by atoms with E-state index in [2.05, 4.69) is 34.6 Å². The van der Waals surface area contributed by atoms with Crippen LogP contribution in [0, 0.1) is 35.1 Å². The molecule has 0 heterocycles. The molecule has 14 heavy (non-hydrogen) atoms. The minimum Gasteiger partial charge on any atom is -0.358 e. The maximum Gasteiger partial charge on any atom is 4.00 e. The second-order valence-electron chi connectivity index (χ2n) is 3.17. The molecule has 1 aliphatic rings. The predicted molar refractivity (Wildman–Crippen MR) is 64.8 cm³/mol. The van der Waals surface area contributed by atoms with Crippen LogP contribution in [0.2, 0.25) is 0 Å². The summed E-state index contributed by atoms with van der Waals surface area (Å²) in [5.41, 5.74) is 5.76. The van der Waals surface area contributed by atoms with E-state index in [4.69, 9.17) is 0 Å². The third kappa shape index (κ3) is 3.85. The Morgan fingerprint density at radius 1 is 0.786 bits per heavy atom. The van der Waals surface area contributed by atoms with Crippen LogP contribution in [0.1, 0.15) is 27.7 Å². The maximum absolute atomic E-state index is 4.08. The van der Waals surface area contributed by atoms with Crippen LogP contribution in [-0.4, -0.2) is 0 Å². The van der Waals surface area contributed by atoms with Gasteiger partial charge in [-0.1, -0.05) is 22.3 Å². The Balaban J connectivity index is -0.000000125. The zero-order valence-electron chi connectivity index (χ0n) is 10.8. The summed E-state index contributed by atoms with van der Waals surface area (Å²) >= 11 is 0. The number of hydrogen-bond acceptors (Lipinski definition) is 0. The molecular weight excluding hydrogens is 247 g/mol. The second-order valence-corrected chi connectivity index (χ2v) is 3.17. The van der Waals surface area contributed by atoms with E-state index in [9.17, 15) is 0 Å². The van der Waals surface area contributed by atoms with Crippen molar-refractivity contribution in [2.75, 3.05) is 0 Å². The molecule has 0 atom stereocenters. The molecule has 0 amide bonds. The molecular formula is C13H24Zr. The van der Waals surface area contributed by atoms with E-state index in [0.29, 0.717) is 5.92 Å². The average Bonchev–Trinajstić information content (AvgIpc) is 2.07. The van der Waals surface area contributed by atoms with Crippen LogP contribution in [0.25, 0.3) is 0 Å². The molecule has 0 saturated heterocycles. The topological polar surface area (TPSA) is 0 Å². The minimum atomic E-state index is 0. The van der Waals surface area contributed by atoms with Gasteiger partial charge in [-0.3, -0.25) is 0 Å². The molecule has 1 aliphatic carbocycles. The summed E-state index contributed by atoms with van der Waals surface area (Å²) in [6.07, 6.45) is 0. The van der Waals surface area contributed by atoms with Crippen molar-refractivity contribution in [3.05, 3.63) is 51.5 Å². The van der Waals surface area contributed by atoms with Gasteiger partial charge in [0.25, 0.3) is 0 Å². The molecule has 0 aromatic carbocycles. The van der Waals surface area contributed by atoms with Crippen molar-refractivity contribution in [3.8, 4) is 0 Å². The minimum absolute atomic E-state index is 0. The van der Waals surface area contributed by atoms with E-state index in [1.54, 1.807) is 0 Å². The molecule has 80 valence electrons. The van der Waals surface area contributed by atoms with Crippen molar-refractivity contribution in [1.82, 2.24) is 0 Å². The van der Waals surface area contributed by atoms with Gasteiger partial charge in [-0.2, -0.15) is 0 Å². The van der Waals surface area contributed by atoms with Crippen molar-refractivity contribution in [1.29, 1.82) is 0 Å². The Morgan fingerprint density at radius 3 is 1.07 bits per heavy atom. The zero-order chi connectivity index (χ0) is 7.89. The van der Waals surface area contributed by atoms with Crippen molar-refractivity contribution in [2.24, 2.45) is 5.92 Å². The fourth-order valence-corrected chi connectivity index (χ4v) is 1.44. The third-order valence-electron chi connectivity index (χ3n) is 2.79. The zero-order valence-corrected chi connectivity index (χ0v) is 13.2. The summed E-state index contributed by atoms with van der Waals surface area (Å²) in [5, 5.41) is 0. The molecule has 0 N–H and O–H groups in total. The Hall–Kier alpha value is 0.363. The van der Waals surface area contributed by atoms with Crippen LogP contribution < -0.4 is 0 Å². The average molecular weight is 272 g/mol. The van der Waals surface area contributed by atoms with Crippen LogP contribution in [0.4, 0.5) is 0 Å². The van der Waals surface area contributed by atoms with Gasteiger partial charge in [0.15, 0.2) is 0 Å². The normalized spacial score (nSPS) is 15.2. The van der Waals surface area contributed by atoms with Crippen molar-refractivity contribution in [3.63, 3.8) is 0 Å². The van der Waals surface area contributed by atoms with Gasteiger partial charge in [-0.15, -0.1) is 5.92 Å². The van der Waals surface area contributed by atoms with E-state index < -0.39 is 0 Å². The number of rotatable bonds is 0. The molecule has 0 radical (unpaired) electrons. The Kier molecular flexibility index (Phi) is 14.8. The van der Waals surface area contributed by atoms with Gasteiger partial charge in [-0.05, 0) is 27.7 Å².